The van der Waals surface area contributed by atoms with Crippen molar-refractivity contribution >= 4 is 33.3 Å². The normalized spacial score (nSPS) is 14.4. The van der Waals surface area contributed by atoms with Crippen molar-refractivity contribution < 1.29 is 4.79 Å². The van der Waals surface area contributed by atoms with Gasteiger partial charge < -0.3 is 10.2 Å². The minimum Gasteiger partial charge on any atom is -0.369 e. The van der Waals surface area contributed by atoms with E-state index in [2.05, 4.69) is 33.5 Å². The molecule has 1 aromatic carbocycles. The number of carbonyl (C=O) groups excluding carboxylic acids is 1. The highest BCUT2D eigenvalue weighted by atomic mass is 32.1. The van der Waals surface area contributed by atoms with E-state index in [1.807, 2.05) is 23.1 Å². The lowest BCUT2D eigenvalue weighted by Gasteiger charge is -2.15. The lowest BCUT2D eigenvalue weighted by atomic mass is 10.2. The number of likely N-dealkylation sites (tertiary alicyclic amines) is 1. The SMILES string of the molecule is O=C1CCCN1CCCNc1ncnc2sc(-c3ccccc3)cc12. The van der Waals surface area contributed by atoms with Gasteiger partial charge in [-0.2, -0.15) is 0 Å². The highest BCUT2D eigenvalue weighted by Crippen LogP contribution is 2.34. The van der Waals surface area contributed by atoms with Crippen molar-refractivity contribution in [3.8, 4) is 10.4 Å². The summed E-state index contributed by atoms with van der Waals surface area (Å²) in [6.07, 6.45) is 4.24. The van der Waals surface area contributed by atoms with Crippen LogP contribution in [0.2, 0.25) is 0 Å². The van der Waals surface area contributed by atoms with E-state index in [1.54, 1.807) is 17.7 Å². The average Bonchev–Trinajstić information content (AvgIpc) is 3.26. The summed E-state index contributed by atoms with van der Waals surface area (Å²) in [6, 6.07) is 12.5. The Morgan fingerprint density at radius 2 is 2.08 bits per heavy atom. The predicted octanol–water partition coefficient (Wildman–Crippen LogP) is 3.78. The summed E-state index contributed by atoms with van der Waals surface area (Å²) in [5.41, 5.74) is 1.20. The first-order valence-electron chi connectivity index (χ1n) is 8.63. The molecule has 128 valence electrons. The first-order chi connectivity index (χ1) is 12.3. The van der Waals surface area contributed by atoms with E-state index in [1.165, 1.54) is 10.4 Å². The second kappa shape index (κ2) is 7.19. The first kappa shape index (κ1) is 16.0. The van der Waals surface area contributed by atoms with Crippen LogP contribution in [0, 0.1) is 0 Å². The molecule has 2 aromatic heterocycles. The van der Waals surface area contributed by atoms with Crippen LogP contribution in [-0.2, 0) is 4.79 Å². The summed E-state index contributed by atoms with van der Waals surface area (Å²) in [5, 5.41) is 4.47. The predicted molar refractivity (Wildman–Crippen MR) is 102 cm³/mol. The zero-order chi connectivity index (χ0) is 17.1. The van der Waals surface area contributed by atoms with Crippen LogP contribution in [0.3, 0.4) is 0 Å². The Balaban J connectivity index is 1.44. The number of fused-ring (bicyclic) bond motifs is 1. The molecule has 5 nitrogen and oxygen atoms in total. The Labute approximate surface area is 150 Å². The van der Waals surface area contributed by atoms with Crippen LogP contribution in [0.25, 0.3) is 20.7 Å². The van der Waals surface area contributed by atoms with E-state index in [4.69, 9.17) is 0 Å². The highest BCUT2D eigenvalue weighted by Gasteiger charge is 2.19. The molecular formula is C19H20N4OS. The van der Waals surface area contributed by atoms with Crippen molar-refractivity contribution in [3.63, 3.8) is 0 Å². The number of amides is 1. The van der Waals surface area contributed by atoms with Crippen LogP contribution in [0.1, 0.15) is 19.3 Å². The molecular weight excluding hydrogens is 332 g/mol. The van der Waals surface area contributed by atoms with Crippen LogP contribution in [0.5, 0.6) is 0 Å². The Kier molecular flexibility index (Phi) is 4.61. The van der Waals surface area contributed by atoms with Gasteiger partial charge >= 0.3 is 0 Å². The van der Waals surface area contributed by atoms with Crippen molar-refractivity contribution in [2.75, 3.05) is 25.0 Å². The van der Waals surface area contributed by atoms with Gasteiger partial charge in [-0.1, -0.05) is 30.3 Å². The van der Waals surface area contributed by atoms with E-state index >= 15 is 0 Å². The number of rotatable bonds is 6. The number of hydrogen-bond donors (Lipinski definition) is 1. The topological polar surface area (TPSA) is 58.1 Å². The fourth-order valence-corrected chi connectivity index (χ4v) is 4.16. The van der Waals surface area contributed by atoms with Crippen LogP contribution in [0.4, 0.5) is 5.82 Å². The Bertz CT molecular complexity index is 878. The van der Waals surface area contributed by atoms with Gasteiger partial charge in [0.25, 0.3) is 0 Å². The maximum absolute atomic E-state index is 11.6. The van der Waals surface area contributed by atoms with Crippen LogP contribution in [-0.4, -0.2) is 40.4 Å². The summed E-state index contributed by atoms with van der Waals surface area (Å²) in [6.45, 7) is 2.52. The molecule has 0 radical (unpaired) electrons. The Morgan fingerprint density at radius 1 is 1.20 bits per heavy atom. The smallest absolute Gasteiger partial charge is 0.222 e. The fraction of sp³-hybridized carbons (Fsp3) is 0.316. The van der Waals surface area contributed by atoms with E-state index in [9.17, 15) is 4.79 Å². The minimum atomic E-state index is 0.287. The molecule has 3 heterocycles. The van der Waals surface area contributed by atoms with Gasteiger partial charge in [0.05, 0.1) is 5.39 Å². The van der Waals surface area contributed by atoms with Crippen LogP contribution >= 0.6 is 11.3 Å². The van der Waals surface area contributed by atoms with Crippen LogP contribution in [0.15, 0.2) is 42.7 Å². The molecule has 1 aliphatic heterocycles. The average molecular weight is 352 g/mol. The second-order valence-corrected chi connectivity index (χ2v) is 7.21. The van der Waals surface area contributed by atoms with Gasteiger partial charge in [-0.05, 0) is 24.5 Å². The number of benzene rings is 1. The van der Waals surface area contributed by atoms with Crippen LogP contribution < -0.4 is 5.32 Å². The maximum atomic E-state index is 11.6. The van der Waals surface area contributed by atoms with E-state index < -0.39 is 0 Å². The molecule has 0 spiro atoms. The number of thiophene rings is 1. The number of nitrogens with one attached hydrogen (secondary N) is 1. The van der Waals surface area contributed by atoms with E-state index in [-0.39, 0.29) is 5.91 Å². The summed E-state index contributed by atoms with van der Waals surface area (Å²) >= 11 is 1.68. The Morgan fingerprint density at radius 3 is 2.88 bits per heavy atom. The molecule has 0 unspecified atom stereocenters. The van der Waals surface area contributed by atoms with Crippen molar-refractivity contribution in [1.29, 1.82) is 0 Å². The second-order valence-electron chi connectivity index (χ2n) is 6.18. The molecule has 1 N–H and O–H groups in total. The lowest BCUT2D eigenvalue weighted by Crippen LogP contribution is -2.27. The molecule has 6 heteroatoms. The third kappa shape index (κ3) is 3.49. The fourth-order valence-electron chi connectivity index (χ4n) is 3.16. The van der Waals surface area contributed by atoms with Gasteiger partial charge in [-0.3, -0.25) is 4.79 Å². The monoisotopic (exact) mass is 352 g/mol. The third-order valence-electron chi connectivity index (χ3n) is 4.46. The molecule has 1 amide bonds. The number of hydrogen-bond acceptors (Lipinski definition) is 5. The number of carbonyl (C=O) groups is 1. The number of aromatic nitrogens is 2. The first-order valence-corrected chi connectivity index (χ1v) is 9.44. The summed E-state index contributed by atoms with van der Waals surface area (Å²) in [7, 11) is 0. The van der Waals surface area contributed by atoms with Gasteiger partial charge in [0.2, 0.25) is 5.91 Å². The van der Waals surface area contributed by atoms with Gasteiger partial charge in [0, 0.05) is 30.9 Å². The van der Waals surface area contributed by atoms with Crippen molar-refractivity contribution in [2.24, 2.45) is 0 Å². The molecule has 0 aliphatic carbocycles. The maximum Gasteiger partial charge on any atom is 0.222 e. The number of anilines is 1. The molecule has 0 saturated carbocycles. The van der Waals surface area contributed by atoms with E-state index in [0.29, 0.717) is 6.42 Å². The Hall–Kier alpha value is -2.47. The quantitative estimate of drug-likeness (QED) is 0.686. The summed E-state index contributed by atoms with van der Waals surface area (Å²) in [5.74, 6) is 1.16. The van der Waals surface area contributed by atoms with Crippen molar-refractivity contribution in [2.45, 2.75) is 19.3 Å². The summed E-state index contributed by atoms with van der Waals surface area (Å²) in [4.78, 5) is 24.6. The standard InChI is InChI=1S/C19H20N4OS/c24-17-8-4-10-23(17)11-5-9-20-18-15-12-16(14-6-2-1-3-7-14)25-19(15)22-13-21-18/h1-3,6-7,12-13H,4-5,8-11H2,(H,20,21,22). The molecule has 25 heavy (non-hydrogen) atoms. The number of nitrogens with zero attached hydrogens (tertiary/aromatic N) is 3. The van der Waals surface area contributed by atoms with E-state index in [0.717, 1.165) is 48.5 Å². The zero-order valence-electron chi connectivity index (χ0n) is 13.9. The molecule has 4 rings (SSSR count). The third-order valence-corrected chi connectivity index (χ3v) is 5.55. The molecule has 0 atom stereocenters. The molecule has 1 aliphatic rings. The summed E-state index contributed by atoms with van der Waals surface area (Å²) < 4.78 is 0. The highest BCUT2D eigenvalue weighted by molar-refractivity contribution is 7.21. The minimum absolute atomic E-state index is 0.287. The van der Waals surface area contributed by atoms with Crippen molar-refractivity contribution in [3.05, 3.63) is 42.7 Å². The van der Waals surface area contributed by atoms with Gasteiger partial charge in [0.15, 0.2) is 0 Å². The van der Waals surface area contributed by atoms with Crippen molar-refractivity contribution in [1.82, 2.24) is 14.9 Å². The zero-order valence-corrected chi connectivity index (χ0v) is 14.8. The molecule has 1 saturated heterocycles. The molecule has 3 aromatic rings. The molecule has 0 bridgehead atoms. The lowest BCUT2D eigenvalue weighted by molar-refractivity contribution is -0.127. The van der Waals surface area contributed by atoms with Gasteiger partial charge in [-0.25, -0.2) is 9.97 Å². The van der Waals surface area contributed by atoms with Gasteiger partial charge in [-0.15, -0.1) is 11.3 Å². The largest absolute Gasteiger partial charge is 0.369 e. The molecule has 1 fully saturated rings. The van der Waals surface area contributed by atoms with Gasteiger partial charge in [0.1, 0.15) is 17.0 Å².